The molecule has 4 nitrogen and oxygen atoms in total. The zero-order valence-electron chi connectivity index (χ0n) is 14.6. The molecule has 5 heteroatoms. The molecule has 0 bridgehead atoms. The first-order valence-corrected chi connectivity index (χ1v) is 8.92. The van der Waals surface area contributed by atoms with Crippen molar-refractivity contribution in [3.63, 3.8) is 0 Å². The molecular formula is C20H23ClN2O2. The second-order valence-electron chi connectivity index (χ2n) is 6.23. The second kappa shape index (κ2) is 7.89. The van der Waals surface area contributed by atoms with Crippen molar-refractivity contribution in [2.75, 3.05) is 13.2 Å². The minimum Gasteiger partial charge on any atom is -0.492 e. The van der Waals surface area contributed by atoms with Gasteiger partial charge in [-0.3, -0.25) is 0 Å². The van der Waals surface area contributed by atoms with E-state index in [1.54, 1.807) is 0 Å². The number of nitrogens with zero attached hydrogens (tertiary/aromatic N) is 2. The smallest absolute Gasteiger partial charge is 0.119 e. The van der Waals surface area contributed by atoms with Gasteiger partial charge in [0.1, 0.15) is 18.2 Å². The molecule has 1 aromatic heterocycles. The molecule has 0 aliphatic heterocycles. The fraction of sp³-hybridized carbons (Fsp3) is 0.350. The van der Waals surface area contributed by atoms with Gasteiger partial charge in [-0.05, 0) is 67.8 Å². The molecule has 1 N–H and O–H groups in total. The fourth-order valence-electron chi connectivity index (χ4n) is 2.89. The number of rotatable bonds is 7. The molecule has 0 atom stereocenters. The van der Waals surface area contributed by atoms with Gasteiger partial charge in [-0.2, -0.15) is 0 Å². The van der Waals surface area contributed by atoms with Crippen LogP contribution >= 0.6 is 11.6 Å². The summed E-state index contributed by atoms with van der Waals surface area (Å²) in [7, 11) is 0. The van der Waals surface area contributed by atoms with Gasteiger partial charge in [-0.15, -0.1) is 0 Å². The van der Waals surface area contributed by atoms with Crippen LogP contribution in [0.1, 0.15) is 23.4 Å². The first-order chi connectivity index (χ1) is 12.1. The van der Waals surface area contributed by atoms with Crippen molar-refractivity contribution in [1.82, 2.24) is 9.55 Å². The van der Waals surface area contributed by atoms with Gasteiger partial charge in [0.05, 0.1) is 17.6 Å². The van der Waals surface area contributed by atoms with Crippen LogP contribution in [-0.4, -0.2) is 27.9 Å². The van der Waals surface area contributed by atoms with Gasteiger partial charge >= 0.3 is 0 Å². The summed E-state index contributed by atoms with van der Waals surface area (Å²) in [4.78, 5) is 4.77. The molecule has 1 heterocycles. The number of aromatic nitrogens is 2. The summed E-state index contributed by atoms with van der Waals surface area (Å²) in [6.45, 7) is 5.64. The SMILES string of the molecule is Cc1cc2nc(CCCO)n(CCOc3ccc(Cl)cc3)c2cc1C. The first-order valence-electron chi connectivity index (χ1n) is 8.54. The summed E-state index contributed by atoms with van der Waals surface area (Å²) in [6, 6.07) is 11.7. The van der Waals surface area contributed by atoms with Crippen LogP contribution in [0, 0.1) is 13.8 Å². The molecular weight excluding hydrogens is 336 g/mol. The van der Waals surface area contributed by atoms with Crippen molar-refractivity contribution < 1.29 is 9.84 Å². The molecule has 0 radical (unpaired) electrons. The van der Waals surface area contributed by atoms with Crippen LogP contribution in [0.3, 0.4) is 0 Å². The van der Waals surface area contributed by atoms with Gasteiger partial charge in [-0.1, -0.05) is 11.6 Å². The van der Waals surface area contributed by atoms with Crippen LogP contribution in [0.4, 0.5) is 0 Å². The molecule has 0 aliphatic rings. The van der Waals surface area contributed by atoms with E-state index in [-0.39, 0.29) is 6.61 Å². The lowest BCUT2D eigenvalue weighted by Crippen LogP contribution is -2.11. The Hall–Kier alpha value is -2.04. The van der Waals surface area contributed by atoms with Crippen molar-refractivity contribution in [3.05, 3.63) is 58.4 Å². The second-order valence-corrected chi connectivity index (χ2v) is 6.67. The lowest BCUT2D eigenvalue weighted by Gasteiger charge is -2.11. The fourth-order valence-corrected chi connectivity index (χ4v) is 3.02. The quantitative estimate of drug-likeness (QED) is 0.684. The summed E-state index contributed by atoms with van der Waals surface area (Å²) < 4.78 is 8.04. The number of aliphatic hydroxyl groups excluding tert-OH is 1. The Morgan fingerprint density at radius 1 is 1.12 bits per heavy atom. The van der Waals surface area contributed by atoms with Crippen LogP contribution in [0.15, 0.2) is 36.4 Å². The maximum atomic E-state index is 9.16. The summed E-state index contributed by atoms with van der Waals surface area (Å²) in [5, 5.41) is 9.86. The molecule has 0 amide bonds. The standard InChI is InChI=1S/C20H23ClN2O2/c1-14-12-18-19(13-15(14)2)23(20(22-18)4-3-10-24)9-11-25-17-7-5-16(21)6-8-17/h5-8,12-13,24H,3-4,9-11H2,1-2H3. The third-order valence-corrected chi connectivity index (χ3v) is 4.65. The van der Waals surface area contributed by atoms with Crippen molar-refractivity contribution in [1.29, 1.82) is 0 Å². The van der Waals surface area contributed by atoms with E-state index in [4.69, 9.17) is 26.4 Å². The zero-order chi connectivity index (χ0) is 17.8. The first kappa shape index (κ1) is 17.8. The molecule has 25 heavy (non-hydrogen) atoms. The lowest BCUT2D eigenvalue weighted by atomic mass is 10.1. The van der Waals surface area contributed by atoms with Gasteiger partial charge in [0.25, 0.3) is 0 Å². The van der Waals surface area contributed by atoms with Gasteiger partial charge in [0, 0.05) is 18.1 Å². The number of hydrogen-bond donors (Lipinski definition) is 1. The molecule has 132 valence electrons. The number of ether oxygens (including phenoxy) is 1. The largest absolute Gasteiger partial charge is 0.492 e. The van der Waals surface area contributed by atoms with Gasteiger partial charge in [0.2, 0.25) is 0 Å². The maximum Gasteiger partial charge on any atom is 0.119 e. The Kier molecular flexibility index (Phi) is 5.61. The van der Waals surface area contributed by atoms with Crippen molar-refractivity contribution in [2.45, 2.75) is 33.2 Å². The summed E-state index contributed by atoms with van der Waals surface area (Å²) in [5.74, 6) is 1.80. The van der Waals surface area contributed by atoms with E-state index < -0.39 is 0 Å². The number of aliphatic hydroxyl groups is 1. The van der Waals surface area contributed by atoms with Crippen LogP contribution in [-0.2, 0) is 13.0 Å². The van der Waals surface area contributed by atoms with E-state index in [1.807, 2.05) is 24.3 Å². The Labute approximate surface area is 153 Å². The van der Waals surface area contributed by atoms with Crippen LogP contribution in [0.25, 0.3) is 11.0 Å². The third kappa shape index (κ3) is 4.14. The van der Waals surface area contributed by atoms with E-state index in [9.17, 15) is 0 Å². The summed E-state index contributed by atoms with van der Waals surface area (Å²) in [5.41, 5.74) is 4.61. The zero-order valence-corrected chi connectivity index (χ0v) is 15.4. The highest BCUT2D eigenvalue weighted by molar-refractivity contribution is 6.30. The number of imidazole rings is 1. The minimum atomic E-state index is 0.169. The van der Waals surface area contributed by atoms with Gasteiger partial charge in [-0.25, -0.2) is 4.98 Å². The maximum absolute atomic E-state index is 9.16. The van der Waals surface area contributed by atoms with Crippen molar-refractivity contribution in [3.8, 4) is 5.75 Å². The average Bonchev–Trinajstić information content (AvgIpc) is 2.92. The molecule has 3 rings (SSSR count). The molecule has 0 aliphatic carbocycles. The van der Waals surface area contributed by atoms with E-state index in [1.165, 1.54) is 11.1 Å². The average molecular weight is 359 g/mol. The number of hydrogen-bond acceptors (Lipinski definition) is 3. The highest BCUT2D eigenvalue weighted by Gasteiger charge is 2.12. The normalized spacial score (nSPS) is 11.2. The lowest BCUT2D eigenvalue weighted by molar-refractivity contribution is 0.283. The number of benzene rings is 2. The number of halogens is 1. The molecule has 0 spiro atoms. The highest BCUT2D eigenvalue weighted by Crippen LogP contribution is 2.22. The van der Waals surface area contributed by atoms with Crippen LogP contribution < -0.4 is 4.74 Å². The van der Waals surface area contributed by atoms with Gasteiger partial charge < -0.3 is 14.4 Å². The summed E-state index contributed by atoms with van der Waals surface area (Å²) >= 11 is 5.90. The van der Waals surface area contributed by atoms with Crippen molar-refractivity contribution in [2.24, 2.45) is 0 Å². The Morgan fingerprint density at radius 3 is 2.56 bits per heavy atom. The Balaban J connectivity index is 1.82. The van der Waals surface area contributed by atoms with E-state index in [0.717, 1.165) is 29.0 Å². The van der Waals surface area contributed by atoms with E-state index in [2.05, 4.69) is 30.5 Å². The third-order valence-electron chi connectivity index (χ3n) is 4.40. The predicted molar refractivity (Wildman–Crippen MR) is 102 cm³/mol. The minimum absolute atomic E-state index is 0.169. The van der Waals surface area contributed by atoms with Crippen LogP contribution in [0.5, 0.6) is 5.75 Å². The van der Waals surface area contributed by atoms with Crippen molar-refractivity contribution >= 4 is 22.6 Å². The Bertz CT molecular complexity index is 856. The molecule has 0 saturated carbocycles. The summed E-state index contributed by atoms with van der Waals surface area (Å²) in [6.07, 6.45) is 1.46. The van der Waals surface area contributed by atoms with E-state index >= 15 is 0 Å². The van der Waals surface area contributed by atoms with Gasteiger partial charge in [0.15, 0.2) is 0 Å². The monoisotopic (exact) mass is 358 g/mol. The molecule has 2 aromatic carbocycles. The predicted octanol–water partition coefficient (Wildman–Crippen LogP) is 4.31. The molecule has 0 unspecified atom stereocenters. The Morgan fingerprint density at radius 2 is 1.84 bits per heavy atom. The highest BCUT2D eigenvalue weighted by atomic mass is 35.5. The molecule has 3 aromatic rings. The van der Waals surface area contributed by atoms with E-state index in [0.29, 0.717) is 24.6 Å². The van der Waals surface area contributed by atoms with Crippen LogP contribution in [0.2, 0.25) is 5.02 Å². The molecule has 0 fully saturated rings. The molecule has 0 saturated heterocycles. The number of fused-ring (bicyclic) bond motifs is 1. The number of aryl methyl sites for hydroxylation is 3. The topological polar surface area (TPSA) is 47.3 Å².